The summed E-state index contributed by atoms with van der Waals surface area (Å²) in [6.07, 6.45) is 0.304. The third-order valence-electron chi connectivity index (χ3n) is 6.97. The summed E-state index contributed by atoms with van der Waals surface area (Å²) in [7, 11) is -4.65. The Kier molecular flexibility index (Phi) is 11.1. The first-order valence-corrected chi connectivity index (χ1v) is 16.2. The number of ether oxygens (including phenoxy) is 3. The Morgan fingerprint density at radius 2 is 1.48 bits per heavy atom. The normalized spacial score (nSPS) is 15.0. The van der Waals surface area contributed by atoms with E-state index in [1.807, 2.05) is 10.8 Å². The number of nitrogens with zero attached hydrogens (tertiary/aromatic N) is 2. The molecule has 2 heterocycles. The zero-order valence-corrected chi connectivity index (χ0v) is 26.7. The third-order valence-corrected chi connectivity index (χ3v) is 8.22. The van der Waals surface area contributed by atoms with Gasteiger partial charge in [-0.3, -0.25) is 4.79 Å². The summed E-state index contributed by atoms with van der Waals surface area (Å²) in [6, 6.07) is 19.1. The predicted molar refractivity (Wildman–Crippen MR) is 167 cm³/mol. The van der Waals surface area contributed by atoms with Crippen LogP contribution in [0.15, 0.2) is 72.9 Å². The maximum Gasteiger partial charge on any atom is 0.422 e. The number of rotatable bonds is 10. The number of amides is 3. The zero-order valence-electron chi connectivity index (χ0n) is 25.9. The molecule has 0 bridgehead atoms. The van der Waals surface area contributed by atoms with Crippen LogP contribution in [0.2, 0.25) is 0 Å². The van der Waals surface area contributed by atoms with Crippen LogP contribution in [0, 0.1) is 0 Å². The van der Waals surface area contributed by atoms with Crippen LogP contribution in [0.5, 0.6) is 0 Å². The highest BCUT2D eigenvalue weighted by Crippen LogP contribution is 2.31. The third kappa shape index (κ3) is 9.57. The molecule has 46 heavy (non-hydrogen) atoms. The standard InChI is InChI=1S/C32H38N4O9S/c1-32(2,3)45-30(39)33-19-27(37)35-17-10-15-25(20-35)26-16-18-36(28(26)29(38)43-21-23-11-6-4-7-12-23)46(41,42)34-31(40)44-22-24-13-8-5-9-14-24/h4-9,11-14,16,18,25H,10,15,17,19-22H2,1-3H3,(H,33,39)(H,34,40). The highest BCUT2D eigenvalue weighted by Gasteiger charge is 2.34. The van der Waals surface area contributed by atoms with Gasteiger partial charge in [-0.2, -0.15) is 8.42 Å². The number of alkyl carbamates (subject to hydrolysis) is 1. The zero-order chi connectivity index (χ0) is 33.3. The molecule has 1 aliphatic heterocycles. The predicted octanol–water partition coefficient (Wildman–Crippen LogP) is 4.10. The summed E-state index contributed by atoms with van der Waals surface area (Å²) in [5, 5.41) is 2.45. The van der Waals surface area contributed by atoms with Crippen LogP contribution in [0.25, 0.3) is 0 Å². The molecule has 3 amide bonds. The van der Waals surface area contributed by atoms with Crippen LogP contribution in [0.1, 0.15) is 66.7 Å². The first-order chi connectivity index (χ1) is 21.8. The number of hydrogen-bond donors (Lipinski definition) is 2. The quantitative estimate of drug-likeness (QED) is 0.242. The Bertz CT molecular complexity index is 1630. The van der Waals surface area contributed by atoms with Gasteiger partial charge in [-0.1, -0.05) is 60.7 Å². The topological polar surface area (TPSA) is 162 Å². The molecule has 13 nitrogen and oxygen atoms in total. The van der Waals surface area contributed by atoms with Crippen molar-refractivity contribution in [2.24, 2.45) is 0 Å². The minimum atomic E-state index is -4.65. The van der Waals surface area contributed by atoms with E-state index < -0.39 is 39.9 Å². The van der Waals surface area contributed by atoms with Gasteiger partial charge in [0.25, 0.3) is 0 Å². The molecular formula is C32H38N4O9S. The molecule has 3 aromatic rings. The number of piperidine rings is 1. The summed E-state index contributed by atoms with van der Waals surface area (Å²) < 4.78 is 45.1. The van der Waals surface area contributed by atoms with E-state index in [9.17, 15) is 27.6 Å². The summed E-state index contributed by atoms with van der Waals surface area (Å²) >= 11 is 0. The van der Waals surface area contributed by atoms with Crippen molar-refractivity contribution in [3.63, 3.8) is 0 Å². The van der Waals surface area contributed by atoms with Gasteiger partial charge in [0, 0.05) is 25.2 Å². The minimum absolute atomic E-state index is 0.123. The Labute approximate surface area is 268 Å². The molecule has 246 valence electrons. The molecule has 2 aromatic carbocycles. The molecule has 1 atom stereocenters. The van der Waals surface area contributed by atoms with Gasteiger partial charge in [-0.25, -0.2) is 23.1 Å². The Hall–Kier alpha value is -4.85. The van der Waals surface area contributed by atoms with E-state index in [4.69, 9.17) is 14.2 Å². The second-order valence-electron chi connectivity index (χ2n) is 11.7. The van der Waals surface area contributed by atoms with Gasteiger partial charge in [0.2, 0.25) is 5.91 Å². The molecular weight excluding hydrogens is 616 g/mol. The smallest absolute Gasteiger partial charge is 0.422 e. The van der Waals surface area contributed by atoms with Crippen molar-refractivity contribution in [3.05, 3.63) is 95.3 Å². The molecule has 2 N–H and O–H groups in total. The lowest BCUT2D eigenvalue weighted by atomic mass is 9.90. The van der Waals surface area contributed by atoms with Crippen molar-refractivity contribution >= 4 is 34.3 Å². The van der Waals surface area contributed by atoms with Gasteiger partial charge in [-0.15, -0.1) is 0 Å². The summed E-state index contributed by atoms with van der Waals surface area (Å²) in [4.78, 5) is 52.6. The van der Waals surface area contributed by atoms with Crippen LogP contribution in [0.3, 0.4) is 0 Å². The Morgan fingerprint density at radius 1 is 0.870 bits per heavy atom. The van der Waals surface area contributed by atoms with Crippen molar-refractivity contribution < 1.29 is 41.8 Å². The second-order valence-corrected chi connectivity index (χ2v) is 13.2. The highest BCUT2D eigenvalue weighted by molar-refractivity contribution is 7.88. The van der Waals surface area contributed by atoms with Crippen LogP contribution in [-0.2, 0) is 42.4 Å². The highest BCUT2D eigenvalue weighted by atomic mass is 32.2. The molecule has 1 saturated heterocycles. The lowest BCUT2D eigenvalue weighted by molar-refractivity contribution is -0.131. The second kappa shape index (κ2) is 15.0. The van der Waals surface area contributed by atoms with E-state index in [1.165, 1.54) is 11.0 Å². The van der Waals surface area contributed by atoms with E-state index >= 15 is 0 Å². The fourth-order valence-electron chi connectivity index (χ4n) is 4.90. The van der Waals surface area contributed by atoms with E-state index in [0.717, 1.165) is 6.20 Å². The largest absolute Gasteiger partial charge is 0.456 e. The summed E-state index contributed by atoms with van der Waals surface area (Å²) in [5.74, 6) is -1.74. The maximum atomic E-state index is 13.5. The van der Waals surface area contributed by atoms with Crippen molar-refractivity contribution in [2.75, 3.05) is 19.6 Å². The molecule has 0 radical (unpaired) electrons. The van der Waals surface area contributed by atoms with Crippen LogP contribution < -0.4 is 10.0 Å². The van der Waals surface area contributed by atoms with Crippen molar-refractivity contribution in [2.45, 2.75) is 58.3 Å². The SMILES string of the molecule is CC(C)(C)OC(=O)NCC(=O)N1CCCC(c2ccn(S(=O)(=O)NC(=O)OCc3ccccc3)c2C(=O)OCc2ccccc2)C1. The molecule has 14 heteroatoms. The van der Waals surface area contributed by atoms with E-state index in [2.05, 4.69) is 5.32 Å². The molecule has 1 aliphatic rings. The van der Waals surface area contributed by atoms with E-state index in [0.29, 0.717) is 40.0 Å². The number of carbonyl (C=O) groups excluding carboxylic acids is 4. The molecule has 1 fully saturated rings. The van der Waals surface area contributed by atoms with Crippen LogP contribution in [-0.4, -0.2) is 66.6 Å². The maximum absolute atomic E-state index is 13.5. The number of nitrogens with one attached hydrogen (secondary N) is 2. The molecule has 0 saturated carbocycles. The van der Waals surface area contributed by atoms with Crippen molar-refractivity contribution in [1.29, 1.82) is 0 Å². The first kappa shape index (κ1) is 34.0. The molecule has 1 aromatic heterocycles. The number of likely N-dealkylation sites (tertiary alicyclic amines) is 1. The van der Waals surface area contributed by atoms with Gasteiger partial charge in [0.1, 0.15) is 31.1 Å². The lowest BCUT2D eigenvalue weighted by Gasteiger charge is -2.33. The van der Waals surface area contributed by atoms with Crippen LogP contribution >= 0.6 is 0 Å². The van der Waals surface area contributed by atoms with Crippen molar-refractivity contribution in [3.8, 4) is 0 Å². The summed E-state index contributed by atoms with van der Waals surface area (Å²) in [5.41, 5.74) is 0.647. The fourth-order valence-corrected chi connectivity index (χ4v) is 5.91. The van der Waals surface area contributed by atoms with Gasteiger partial charge in [0.05, 0.1) is 0 Å². The molecule has 4 rings (SSSR count). The van der Waals surface area contributed by atoms with Gasteiger partial charge in [-0.05, 0) is 56.4 Å². The monoisotopic (exact) mass is 654 g/mol. The van der Waals surface area contributed by atoms with Gasteiger partial charge < -0.3 is 24.4 Å². The lowest BCUT2D eigenvalue weighted by Crippen LogP contribution is -2.45. The minimum Gasteiger partial charge on any atom is -0.456 e. The van der Waals surface area contributed by atoms with E-state index in [-0.39, 0.29) is 37.9 Å². The molecule has 0 aliphatic carbocycles. The molecule has 0 spiro atoms. The average Bonchev–Trinajstić information content (AvgIpc) is 3.48. The number of benzene rings is 2. The first-order valence-electron chi connectivity index (χ1n) is 14.7. The number of hydrogen-bond acceptors (Lipinski definition) is 9. The molecule has 1 unspecified atom stereocenters. The number of esters is 1. The van der Waals surface area contributed by atoms with Gasteiger partial charge in [0.15, 0.2) is 0 Å². The van der Waals surface area contributed by atoms with E-state index in [1.54, 1.807) is 75.4 Å². The number of carbonyl (C=O) groups is 4. The van der Waals surface area contributed by atoms with Gasteiger partial charge >= 0.3 is 28.4 Å². The Morgan fingerprint density at radius 3 is 2.09 bits per heavy atom. The fraction of sp³-hybridized carbons (Fsp3) is 0.375. The van der Waals surface area contributed by atoms with Crippen LogP contribution in [0.4, 0.5) is 9.59 Å². The summed E-state index contributed by atoms with van der Waals surface area (Å²) in [6.45, 7) is 5.11. The Balaban J connectivity index is 1.53. The average molecular weight is 655 g/mol. The van der Waals surface area contributed by atoms with Crippen molar-refractivity contribution in [1.82, 2.24) is 18.9 Å². The number of aromatic nitrogens is 1.